The van der Waals surface area contributed by atoms with E-state index in [1.807, 2.05) is 58.1 Å². The van der Waals surface area contributed by atoms with Crippen molar-refractivity contribution in [3.63, 3.8) is 0 Å². The van der Waals surface area contributed by atoms with Gasteiger partial charge in [0.15, 0.2) is 0 Å². The third kappa shape index (κ3) is 4.12. The Bertz CT molecular complexity index is 1520. The van der Waals surface area contributed by atoms with Gasteiger partial charge in [-0.1, -0.05) is 36.4 Å². The Morgan fingerprint density at radius 2 is 1.86 bits per heavy atom. The quantitative estimate of drug-likeness (QED) is 0.376. The highest BCUT2D eigenvalue weighted by Gasteiger charge is 2.24. The van der Waals surface area contributed by atoms with Gasteiger partial charge in [0.05, 0.1) is 17.4 Å². The second-order valence-corrected chi connectivity index (χ2v) is 9.81. The predicted molar refractivity (Wildman–Crippen MR) is 138 cm³/mol. The number of para-hydroxylation sites is 1. The van der Waals surface area contributed by atoms with Gasteiger partial charge in [-0.15, -0.1) is 16.4 Å². The average Bonchev–Trinajstić information content (AvgIpc) is 3.52. The number of piperazine rings is 1. The molecule has 3 aromatic heterocycles. The molecule has 1 fully saturated rings. The lowest BCUT2D eigenvalue weighted by Gasteiger charge is -2.35. The fraction of sp³-hybridized carbons (Fsp3) is 0.269. The van der Waals surface area contributed by atoms with Crippen molar-refractivity contribution in [3.05, 3.63) is 76.9 Å². The van der Waals surface area contributed by atoms with Crippen LogP contribution >= 0.6 is 11.3 Å². The predicted octanol–water partition coefficient (Wildman–Crippen LogP) is 4.01. The van der Waals surface area contributed by atoms with E-state index in [1.54, 1.807) is 17.7 Å². The summed E-state index contributed by atoms with van der Waals surface area (Å²) in [4.78, 5) is 28.9. The molecule has 1 amide bonds. The van der Waals surface area contributed by atoms with Gasteiger partial charge in [-0.05, 0) is 42.3 Å². The highest BCUT2D eigenvalue weighted by Crippen LogP contribution is 2.31. The molecule has 1 aliphatic rings. The number of amides is 1. The highest BCUT2D eigenvalue weighted by atomic mass is 32.1. The summed E-state index contributed by atoms with van der Waals surface area (Å²) >= 11 is 1.73. The van der Waals surface area contributed by atoms with E-state index in [2.05, 4.69) is 38.2 Å². The van der Waals surface area contributed by atoms with Crippen LogP contribution < -0.4 is 4.90 Å². The Morgan fingerprint density at radius 3 is 2.71 bits per heavy atom. The lowest BCUT2D eigenvalue weighted by atomic mass is 10.1. The van der Waals surface area contributed by atoms with Crippen molar-refractivity contribution in [2.45, 2.75) is 19.9 Å². The van der Waals surface area contributed by atoms with Crippen molar-refractivity contribution in [3.8, 4) is 0 Å². The zero-order valence-electron chi connectivity index (χ0n) is 19.5. The van der Waals surface area contributed by atoms with E-state index < -0.39 is 0 Å². The molecular formula is C26H25N7OS. The topological polar surface area (TPSA) is 80.0 Å². The number of carbonyl (C=O) groups excluding carboxylic acids is 1. The summed E-state index contributed by atoms with van der Waals surface area (Å²) in [6, 6.07) is 17.9. The first-order valence-electron chi connectivity index (χ1n) is 11.8. The fourth-order valence-corrected chi connectivity index (χ4v) is 5.56. The Labute approximate surface area is 206 Å². The number of nitrogens with zero attached hydrogens (tertiary/aromatic N) is 7. The highest BCUT2D eigenvalue weighted by molar-refractivity contribution is 7.18. The summed E-state index contributed by atoms with van der Waals surface area (Å²) < 4.78 is 1.87. The van der Waals surface area contributed by atoms with Crippen molar-refractivity contribution >= 4 is 44.3 Å². The smallest absolute Gasteiger partial charge is 0.253 e. The average molecular weight is 484 g/mol. The number of carbonyl (C=O) groups is 1. The Kier molecular flexibility index (Phi) is 5.61. The molecule has 35 heavy (non-hydrogen) atoms. The minimum atomic E-state index is 0.0617. The van der Waals surface area contributed by atoms with E-state index in [0.29, 0.717) is 25.2 Å². The summed E-state index contributed by atoms with van der Waals surface area (Å²) in [7, 11) is 0. The van der Waals surface area contributed by atoms with E-state index in [1.165, 1.54) is 4.88 Å². The molecule has 0 saturated carbocycles. The SMILES string of the molecule is CCc1cc2c(N3CCN(C(=O)c4cccc(Cn5nnc6ccccc65)c4)CC3)ncnc2s1. The molecule has 2 aromatic carbocycles. The molecular weight excluding hydrogens is 458 g/mol. The molecule has 8 nitrogen and oxygen atoms in total. The van der Waals surface area contributed by atoms with Crippen molar-refractivity contribution in [1.82, 2.24) is 29.9 Å². The second-order valence-electron chi connectivity index (χ2n) is 8.70. The van der Waals surface area contributed by atoms with Crippen molar-refractivity contribution in [1.29, 1.82) is 0 Å². The van der Waals surface area contributed by atoms with E-state index in [-0.39, 0.29) is 5.91 Å². The summed E-state index contributed by atoms with van der Waals surface area (Å²) in [6.07, 6.45) is 2.64. The molecule has 0 aliphatic carbocycles. The van der Waals surface area contributed by atoms with E-state index in [4.69, 9.17) is 0 Å². The number of anilines is 1. The van der Waals surface area contributed by atoms with Gasteiger partial charge in [0.25, 0.3) is 5.91 Å². The van der Waals surface area contributed by atoms with Crippen LogP contribution in [0.5, 0.6) is 0 Å². The van der Waals surface area contributed by atoms with E-state index >= 15 is 0 Å². The number of aromatic nitrogens is 5. The lowest BCUT2D eigenvalue weighted by molar-refractivity contribution is 0.0746. The number of rotatable bonds is 5. The van der Waals surface area contributed by atoms with Gasteiger partial charge in [-0.25, -0.2) is 14.6 Å². The molecule has 6 rings (SSSR count). The Hall–Kier alpha value is -3.85. The van der Waals surface area contributed by atoms with Gasteiger partial charge in [-0.2, -0.15) is 0 Å². The van der Waals surface area contributed by atoms with Gasteiger partial charge in [0.1, 0.15) is 22.5 Å². The maximum Gasteiger partial charge on any atom is 0.253 e. The molecule has 0 N–H and O–H groups in total. The van der Waals surface area contributed by atoms with Crippen LogP contribution in [0, 0.1) is 0 Å². The summed E-state index contributed by atoms with van der Waals surface area (Å²) in [5, 5.41) is 9.62. The van der Waals surface area contributed by atoms with E-state index in [0.717, 1.165) is 52.1 Å². The second kappa shape index (κ2) is 9.07. The third-order valence-corrected chi connectivity index (χ3v) is 7.69. The van der Waals surface area contributed by atoms with Crippen molar-refractivity contribution in [2.24, 2.45) is 0 Å². The molecule has 4 heterocycles. The monoisotopic (exact) mass is 483 g/mol. The zero-order chi connectivity index (χ0) is 23.8. The zero-order valence-corrected chi connectivity index (χ0v) is 20.3. The molecule has 0 bridgehead atoms. The normalized spacial score (nSPS) is 14.2. The maximum absolute atomic E-state index is 13.3. The van der Waals surface area contributed by atoms with Gasteiger partial charge in [0, 0.05) is 36.6 Å². The van der Waals surface area contributed by atoms with Crippen LogP contribution in [0.15, 0.2) is 60.9 Å². The molecule has 9 heteroatoms. The number of benzene rings is 2. The van der Waals surface area contributed by atoms with Gasteiger partial charge >= 0.3 is 0 Å². The van der Waals surface area contributed by atoms with Crippen LogP contribution in [0.3, 0.4) is 0 Å². The molecule has 0 radical (unpaired) electrons. The third-order valence-electron chi connectivity index (χ3n) is 6.50. The van der Waals surface area contributed by atoms with Crippen LogP contribution in [0.2, 0.25) is 0 Å². The number of aryl methyl sites for hydroxylation is 1. The molecule has 0 spiro atoms. The molecule has 5 aromatic rings. The van der Waals surface area contributed by atoms with Crippen LogP contribution in [0.1, 0.15) is 27.7 Å². The number of hydrogen-bond donors (Lipinski definition) is 0. The molecule has 1 aliphatic heterocycles. The van der Waals surface area contributed by atoms with Crippen LogP contribution in [0.4, 0.5) is 5.82 Å². The van der Waals surface area contributed by atoms with Crippen molar-refractivity contribution < 1.29 is 4.79 Å². The van der Waals surface area contributed by atoms with Gasteiger partial charge in [0.2, 0.25) is 0 Å². The fourth-order valence-electron chi connectivity index (χ4n) is 4.63. The standard InChI is InChI=1S/C26H25N7OS/c1-2-20-15-21-24(27-17-28-25(21)35-20)31-10-12-32(13-11-31)26(34)19-7-5-6-18(14-19)16-33-23-9-4-3-8-22(23)29-30-33/h3-9,14-15,17H,2,10-13,16H2,1H3. The molecule has 0 unspecified atom stereocenters. The first kappa shape index (κ1) is 21.7. The Balaban J connectivity index is 1.15. The first-order chi connectivity index (χ1) is 17.2. The van der Waals surface area contributed by atoms with E-state index in [9.17, 15) is 4.79 Å². The minimum Gasteiger partial charge on any atom is -0.352 e. The summed E-state index contributed by atoms with van der Waals surface area (Å²) in [5.74, 6) is 1.03. The number of thiophene rings is 1. The largest absolute Gasteiger partial charge is 0.352 e. The number of hydrogen-bond acceptors (Lipinski definition) is 7. The summed E-state index contributed by atoms with van der Waals surface area (Å²) in [6.45, 7) is 5.55. The molecule has 1 saturated heterocycles. The van der Waals surface area contributed by atoms with Crippen LogP contribution in [-0.4, -0.2) is 61.9 Å². The number of fused-ring (bicyclic) bond motifs is 2. The van der Waals surface area contributed by atoms with Gasteiger partial charge < -0.3 is 9.80 Å². The van der Waals surface area contributed by atoms with Crippen LogP contribution in [0.25, 0.3) is 21.3 Å². The minimum absolute atomic E-state index is 0.0617. The first-order valence-corrected chi connectivity index (χ1v) is 12.7. The van der Waals surface area contributed by atoms with Gasteiger partial charge in [-0.3, -0.25) is 4.79 Å². The molecule has 0 atom stereocenters. The summed E-state index contributed by atoms with van der Waals surface area (Å²) in [5.41, 5.74) is 3.58. The Morgan fingerprint density at radius 1 is 1.00 bits per heavy atom. The van der Waals surface area contributed by atoms with Crippen molar-refractivity contribution in [2.75, 3.05) is 31.1 Å². The van der Waals surface area contributed by atoms with Crippen LogP contribution in [-0.2, 0) is 13.0 Å². The molecule has 176 valence electrons. The lowest BCUT2D eigenvalue weighted by Crippen LogP contribution is -2.49. The maximum atomic E-state index is 13.3.